The lowest BCUT2D eigenvalue weighted by Gasteiger charge is -2.32. The second-order valence-electron chi connectivity index (χ2n) is 7.61. The fraction of sp³-hybridized carbons (Fsp3) is 0.667. The molecule has 2 aliphatic heterocycles. The molecule has 158 valence electrons. The number of nitrogens with zero attached hydrogens (tertiary/aromatic N) is 3. The molecule has 7 heteroatoms. The van der Waals surface area contributed by atoms with Crippen LogP contribution in [0.2, 0.25) is 0 Å². The topological polar surface area (TPSA) is 52.1 Å². The highest BCUT2D eigenvalue weighted by atomic mass is 127. The minimum atomic E-state index is 0. The van der Waals surface area contributed by atoms with Gasteiger partial charge in [-0.15, -0.1) is 24.0 Å². The summed E-state index contributed by atoms with van der Waals surface area (Å²) in [6, 6.07) is 8.91. The van der Waals surface area contributed by atoms with E-state index in [2.05, 4.69) is 58.7 Å². The van der Waals surface area contributed by atoms with Crippen molar-refractivity contribution in [3.8, 4) is 0 Å². The standard InChI is InChI=1S/C21H35N5O.HI/c1-3-22-21(24-16-20-5-4-14-27-20)23-15-18-6-8-19(9-7-18)17-26-12-10-25(2)11-13-26;/h6-9,20H,3-5,10-17H2,1-2H3,(H2,22,23,24);1H. The van der Waals surface area contributed by atoms with Crippen LogP contribution in [0.4, 0.5) is 0 Å². The molecule has 0 bridgehead atoms. The maximum atomic E-state index is 5.67. The summed E-state index contributed by atoms with van der Waals surface area (Å²) >= 11 is 0. The summed E-state index contributed by atoms with van der Waals surface area (Å²) in [6.45, 7) is 11.1. The second kappa shape index (κ2) is 12.6. The number of guanidine groups is 1. The van der Waals surface area contributed by atoms with Gasteiger partial charge in [-0.25, -0.2) is 4.99 Å². The lowest BCUT2D eigenvalue weighted by Crippen LogP contribution is -2.43. The molecule has 6 nitrogen and oxygen atoms in total. The zero-order valence-electron chi connectivity index (χ0n) is 17.3. The van der Waals surface area contributed by atoms with Crippen molar-refractivity contribution >= 4 is 29.9 Å². The minimum Gasteiger partial charge on any atom is -0.376 e. The van der Waals surface area contributed by atoms with Gasteiger partial charge in [-0.2, -0.15) is 0 Å². The Morgan fingerprint density at radius 2 is 1.82 bits per heavy atom. The molecule has 0 amide bonds. The highest BCUT2D eigenvalue weighted by Gasteiger charge is 2.15. The molecule has 0 aromatic heterocycles. The van der Waals surface area contributed by atoms with Gasteiger partial charge in [-0.1, -0.05) is 24.3 Å². The number of halogens is 1. The van der Waals surface area contributed by atoms with Crippen LogP contribution in [-0.2, 0) is 17.8 Å². The number of ether oxygens (including phenoxy) is 1. The van der Waals surface area contributed by atoms with Crippen LogP contribution in [0.15, 0.2) is 29.3 Å². The van der Waals surface area contributed by atoms with Crippen molar-refractivity contribution in [1.82, 2.24) is 20.4 Å². The summed E-state index contributed by atoms with van der Waals surface area (Å²) in [6.07, 6.45) is 2.63. The average molecular weight is 501 g/mol. The maximum absolute atomic E-state index is 5.67. The summed E-state index contributed by atoms with van der Waals surface area (Å²) in [5.74, 6) is 0.870. The van der Waals surface area contributed by atoms with Gasteiger partial charge < -0.3 is 20.3 Å². The minimum absolute atomic E-state index is 0. The zero-order chi connectivity index (χ0) is 18.9. The Morgan fingerprint density at radius 3 is 2.46 bits per heavy atom. The van der Waals surface area contributed by atoms with Crippen LogP contribution < -0.4 is 10.6 Å². The van der Waals surface area contributed by atoms with E-state index in [9.17, 15) is 0 Å². The molecule has 2 fully saturated rings. The molecule has 1 atom stereocenters. The lowest BCUT2D eigenvalue weighted by atomic mass is 10.1. The quantitative estimate of drug-likeness (QED) is 0.341. The number of hydrogen-bond acceptors (Lipinski definition) is 4. The van der Waals surface area contributed by atoms with Crippen molar-refractivity contribution in [1.29, 1.82) is 0 Å². The number of benzene rings is 1. The van der Waals surface area contributed by atoms with Gasteiger partial charge in [0.1, 0.15) is 0 Å². The Kier molecular flexibility index (Phi) is 10.5. The SMILES string of the molecule is CCNC(=NCc1ccc(CN2CCN(C)CC2)cc1)NCC1CCCO1.I. The van der Waals surface area contributed by atoms with Crippen LogP contribution in [0.25, 0.3) is 0 Å². The molecular formula is C21H36IN5O. The molecule has 2 saturated heterocycles. The van der Waals surface area contributed by atoms with E-state index >= 15 is 0 Å². The normalized spacial score (nSPS) is 21.4. The number of nitrogens with one attached hydrogen (secondary N) is 2. The van der Waals surface area contributed by atoms with Crippen molar-refractivity contribution < 1.29 is 4.74 Å². The number of likely N-dealkylation sites (N-methyl/N-ethyl adjacent to an activating group) is 1. The first-order valence-corrected chi connectivity index (χ1v) is 10.4. The van der Waals surface area contributed by atoms with Gasteiger partial charge in [-0.05, 0) is 37.9 Å². The van der Waals surface area contributed by atoms with Crippen LogP contribution in [0, 0.1) is 0 Å². The number of hydrogen-bond donors (Lipinski definition) is 2. The van der Waals surface area contributed by atoms with Crippen molar-refractivity contribution in [2.45, 2.75) is 39.0 Å². The summed E-state index contributed by atoms with van der Waals surface area (Å²) in [5, 5.41) is 6.72. The fourth-order valence-electron chi connectivity index (χ4n) is 3.54. The zero-order valence-corrected chi connectivity index (χ0v) is 19.7. The monoisotopic (exact) mass is 501 g/mol. The predicted molar refractivity (Wildman–Crippen MR) is 126 cm³/mol. The molecule has 0 radical (unpaired) electrons. The Labute approximate surface area is 187 Å². The average Bonchev–Trinajstić information content (AvgIpc) is 3.21. The van der Waals surface area contributed by atoms with E-state index in [0.717, 1.165) is 51.7 Å². The highest BCUT2D eigenvalue weighted by Crippen LogP contribution is 2.11. The fourth-order valence-corrected chi connectivity index (χ4v) is 3.54. The third kappa shape index (κ3) is 7.85. The Morgan fingerprint density at radius 1 is 1.11 bits per heavy atom. The number of aliphatic imine (C=N–C) groups is 1. The van der Waals surface area contributed by atoms with Crippen molar-refractivity contribution in [3.05, 3.63) is 35.4 Å². The van der Waals surface area contributed by atoms with E-state index in [1.807, 2.05) is 0 Å². The van der Waals surface area contributed by atoms with Crippen LogP contribution in [0.1, 0.15) is 30.9 Å². The van der Waals surface area contributed by atoms with Gasteiger partial charge in [-0.3, -0.25) is 4.90 Å². The van der Waals surface area contributed by atoms with Gasteiger partial charge in [0.05, 0.1) is 12.6 Å². The Balaban J connectivity index is 0.00000280. The van der Waals surface area contributed by atoms with E-state index in [0.29, 0.717) is 12.6 Å². The van der Waals surface area contributed by atoms with Gasteiger partial charge in [0.2, 0.25) is 0 Å². The van der Waals surface area contributed by atoms with Crippen molar-refractivity contribution in [2.24, 2.45) is 4.99 Å². The van der Waals surface area contributed by atoms with E-state index < -0.39 is 0 Å². The molecule has 1 aromatic carbocycles. The molecule has 1 aromatic rings. The van der Waals surface area contributed by atoms with E-state index in [1.54, 1.807) is 0 Å². The molecule has 2 aliphatic rings. The summed E-state index contributed by atoms with van der Waals surface area (Å²) in [7, 11) is 2.20. The van der Waals surface area contributed by atoms with Crippen molar-refractivity contribution in [2.75, 3.05) is 52.9 Å². The number of piperazine rings is 1. The summed E-state index contributed by atoms with van der Waals surface area (Å²) in [5.41, 5.74) is 2.63. The molecule has 0 spiro atoms. The van der Waals surface area contributed by atoms with Crippen LogP contribution in [0.5, 0.6) is 0 Å². The first-order valence-electron chi connectivity index (χ1n) is 10.4. The van der Waals surface area contributed by atoms with Gasteiger partial charge in [0, 0.05) is 52.4 Å². The smallest absolute Gasteiger partial charge is 0.191 e. The molecule has 28 heavy (non-hydrogen) atoms. The maximum Gasteiger partial charge on any atom is 0.191 e. The van der Waals surface area contributed by atoms with Crippen LogP contribution >= 0.6 is 24.0 Å². The largest absolute Gasteiger partial charge is 0.376 e. The summed E-state index contributed by atoms with van der Waals surface area (Å²) in [4.78, 5) is 9.65. The first kappa shape index (κ1) is 23.4. The molecule has 2 heterocycles. The third-order valence-electron chi connectivity index (χ3n) is 5.31. The third-order valence-corrected chi connectivity index (χ3v) is 5.31. The highest BCUT2D eigenvalue weighted by molar-refractivity contribution is 14.0. The molecule has 0 aliphatic carbocycles. The number of rotatable bonds is 7. The molecule has 2 N–H and O–H groups in total. The second-order valence-corrected chi connectivity index (χ2v) is 7.61. The lowest BCUT2D eigenvalue weighted by molar-refractivity contribution is 0.114. The van der Waals surface area contributed by atoms with E-state index in [-0.39, 0.29) is 24.0 Å². The van der Waals surface area contributed by atoms with Crippen LogP contribution in [-0.4, -0.2) is 74.8 Å². The Bertz CT molecular complexity index is 581. The first-order chi connectivity index (χ1) is 13.2. The Hall–Kier alpha value is -0.900. The predicted octanol–water partition coefficient (Wildman–Crippen LogP) is 2.29. The molecule has 1 unspecified atom stereocenters. The molecule has 3 rings (SSSR count). The van der Waals surface area contributed by atoms with Gasteiger partial charge in [0.15, 0.2) is 5.96 Å². The molecule has 0 saturated carbocycles. The summed E-state index contributed by atoms with van der Waals surface area (Å²) < 4.78 is 5.67. The molecular weight excluding hydrogens is 465 g/mol. The van der Waals surface area contributed by atoms with Crippen molar-refractivity contribution in [3.63, 3.8) is 0 Å². The van der Waals surface area contributed by atoms with Gasteiger partial charge >= 0.3 is 0 Å². The van der Waals surface area contributed by atoms with E-state index in [4.69, 9.17) is 9.73 Å². The van der Waals surface area contributed by atoms with E-state index in [1.165, 1.54) is 30.6 Å². The van der Waals surface area contributed by atoms with Crippen LogP contribution in [0.3, 0.4) is 0 Å². The van der Waals surface area contributed by atoms with Gasteiger partial charge in [0.25, 0.3) is 0 Å².